The van der Waals surface area contributed by atoms with Crippen LogP contribution in [0.5, 0.6) is 0 Å². The molecule has 3 aromatic carbocycles. The lowest BCUT2D eigenvalue weighted by atomic mass is 10.2. The molecule has 0 saturated carbocycles. The van der Waals surface area contributed by atoms with Crippen molar-refractivity contribution in [3.8, 4) is 0 Å². The van der Waals surface area contributed by atoms with Crippen LogP contribution >= 0.6 is 11.8 Å². The van der Waals surface area contributed by atoms with Crippen LogP contribution in [0.25, 0.3) is 0 Å². The molecule has 0 aliphatic heterocycles. The second-order valence-electron chi connectivity index (χ2n) is 7.85. The lowest BCUT2D eigenvalue weighted by Gasteiger charge is -2.20. The van der Waals surface area contributed by atoms with Gasteiger partial charge in [-0.3, -0.25) is 9.10 Å². The Morgan fingerprint density at radius 1 is 0.816 bits per heavy atom. The van der Waals surface area contributed by atoms with Crippen LogP contribution in [-0.2, 0) is 20.0 Å². The molecule has 0 unspecified atom stereocenters. The summed E-state index contributed by atoms with van der Waals surface area (Å²) in [5.41, 5.74) is 1.06. The summed E-state index contributed by atoms with van der Waals surface area (Å²) in [5.74, 6) is -0.499. The SMILES string of the molecule is CSc1ccc(S(=O)(=O)N(C)c2ccc(C(=O)Nc3ccc(S(=O)(=O)Nc4ncccn4)cc3)cc2)cc1. The van der Waals surface area contributed by atoms with E-state index < -0.39 is 26.0 Å². The Labute approximate surface area is 225 Å². The average Bonchev–Trinajstić information content (AvgIpc) is 2.93. The molecule has 4 rings (SSSR count). The summed E-state index contributed by atoms with van der Waals surface area (Å²) in [4.78, 5) is 21.5. The second kappa shape index (κ2) is 11.2. The highest BCUT2D eigenvalue weighted by molar-refractivity contribution is 7.98. The third kappa shape index (κ3) is 6.13. The van der Waals surface area contributed by atoms with Gasteiger partial charge in [0.2, 0.25) is 5.95 Å². The number of anilines is 3. The van der Waals surface area contributed by atoms with Crippen LogP contribution in [0.4, 0.5) is 17.3 Å². The van der Waals surface area contributed by atoms with E-state index in [2.05, 4.69) is 20.0 Å². The number of rotatable bonds is 9. The standard InChI is InChI=1S/C25H23N5O5S3/c1-30(38(34,35)23-14-10-21(36-2)11-15-23)20-8-4-18(5-9-20)24(31)28-19-6-12-22(13-7-19)37(32,33)29-25-26-16-3-17-27-25/h3-17H,1-2H3,(H,28,31)(H,26,27,29). The highest BCUT2D eigenvalue weighted by atomic mass is 32.2. The monoisotopic (exact) mass is 569 g/mol. The van der Waals surface area contributed by atoms with Gasteiger partial charge in [-0.1, -0.05) is 0 Å². The molecular weight excluding hydrogens is 547 g/mol. The molecule has 1 heterocycles. The summed E-state index contributed by atoms with van der Waals surface area (Å²) in [6, 6.07) is 19.9. The van der Waals surface area contributed by atoms with Gasteiger partial charge < -0.3 is 5.32 Å². The smallest absolute Gasteiger partial charge is 0.264 e. The van der Waals surface area contributed by atoms with Crippen LogP contribution in [0.2, 0.25) is 0 Å². The normalized spacial score (nSPS) is 11.5. The first kappa shape index (κ1) is 27.1. The summed E-state index contributed by atoms with van der Waals surface area (Å²) in [7, 11) is -6.23. The second-order valence-corrected chi connectivity index (χ2v) is 12.4. The first-order valence-corrected chi connectivity index (χ1v) is 15.2. The Morgan fingerprint density at radius 3 is 1.97 bits per heavy atom. The fraction of sp³-hybridized carbons (Fsp3) is 0.0800. The van der Waals surface area contributed by atoms with Crippen LogP contribution in [0, 0.1) is 0 Å². The zero-order chi connectivity index (χ0) is 27.3. The van der Waals surface area contributed by atoms with Crippen molar-refractivity contribution >= 4 is 55.0 Å². The maximum absolute atomic E-state index is 13.0. The van der Waals surface area contributed by atoms with Gasteiger partial charge in [0.05, 0.1) is 15.5 Å². The molecule has 1 aromatic heterocycles. The molecule has 0 atom stereocenters. The van der Waals surface area contributed by atoms with Gasteiger partial charge in [-0.25, -0.2) is 31.5 Å². The van der Waals surface area contributed by atoms with E-state index in [0.717, 1.165) is 9.20 Å². The van der Waals surface area contributed by atoms with Crippen molar-refractivity contribution in [3.05, 3.63) is 96.8 Å². The molecule has 0 aliphatic rings. The number of thioether (sulfide) groups is 1. The van der Waals surface area contributed by atoms with E-state index in [1.807, 2.05) is 6.26 Å². The molecular formula is C25H23N5O5S3. The lowest BCUT2D eigenvalue weighted by molar-refractivity contribution is 0.102. The Balaban J connectivity index is 1.42. The van der Waals surface area contributed by atoms with Gasteiger partial charge in [-0.2, -0.15) is 0 Å². The fourth-order valence-electron chi connectivity index (χ4n) is 3.32. The van der Waals surface area contributed by atoms with Crippen LogP contribution in [0.1, 0.15) is 10.4 Å². The number of hydrogen-bond donors (Lipinski definition) is 2. The van der Waals surface area contributed by atoms with Crippen molar-refractivity contribution in [2.24, 2.45) is 0 Å². The number of amides is 1. The van der Waals surface area contributed by atoms with Crippen LogP contribution < -0.4 is 14.3 Å². The zero-order valence-electron chi connectivity index (χ0n) is 20.3. The summed E-state index contributed by atoms with van der Waals surface area (Å²) in [6.07, 6.45) is 4.74. The summed E-state index contributed by atoms with van der Waals surface area (Å²) >= 11 is 1.52. The largest absolute Gasteiger partial charge is 0.322 e. The number of carbonyl (C=O) groups excluding carboxylic acids is 1. The molecule has 0 radical (unpaired) electrons. The topological polar surface area (TPSA) is 138 Å². The quantitative estimate of drug-likeness (QED) is 0.288. The summed E-state index contributed by atoms with van der Waals surface area (Å²) < 4.78 is 54.4. The van der Waals surface area contributed by atoms with E-state index in [-0.39, 0.29) is 15.7 Å². The molecule has 1 amide bonds. The van der Waals surface area contributed by atoms with Crippen molar-refractivity contribution in [2.75, 3.05) is 27.6 Å². The van der Waals surface area contributed by atoms with E-state index in [1.165, 1.54) is 79.7 Å². The molecule has 0 saturated heterocycles. The average molecular weight is 570 g/mol. The highest BCUT2D eigenvalue weighted by Crippen LogP contribution is 2.25. The van der Waals surface area contributed by atoms with Crippen molar-refractivity contribution in [1.29, 1.82) is 0 Å². The molecule has 38 heavy (non-hydrogen) atoms. The molecule has 0 bridgehead atoms. The fourth-order valence-corrected chi connectivity index (χ4v) is 5.88. The van der Waals surface area contributed by atoms with Crippen LogP contribution in [-0.4, -0.2) is 46.0 Å². The van der Waals surface area contributed by atoms with Crippen LogP contribution in [0.15, 0.2) is 106 Å². The third-order valence-electron chi connectivity index (χ3n) is 5.42. The first-order chi connectivity index (χ1) is 18.1. The minimum Gasteiger partial charge on any atom is -0.322 e. The van der Waals surface area contributed by atoms with E-state index in [9.17, 15) is 21.6 Å². The predicted molar refractivity (Wildman–Crippen MR) is 147 cm³/mol. The molecule has 13 heteroatoms. The predicted octanol–water partition coefficient (Wildman–Crippen LogP) is 4.08. The van der Waals surface area contributed by atoms with Crippen LogP contribution in [0.3, 0.4) is 0 Å². The van der Waals surface area contributed by atoms with E-state index >= 15 is 0 Å². The number of aromatic nitrogens is 2. The molecule has 0 aliphatic carbocycles. The summed E-state index contributed by atoms with van der Waals surface area (Å²) in [5, 5.41) is 2.69. The van der Waals surface area contributed by atoms with Gasteiger partial charge in [0, 0.05) is 35.6 Å². The van der Waals surface area contributed by atoms with Gasteiger partial charge in [0.25, 0.3) is 26.0 Å². The van der Waals surface area contributed by atoms with Crippen molar-refractivity contribution < 1.29 is 21.6 Å². The number of sulfonamides is 2. The van der Waals surface area contributed by atoms with Crippen molar-refractivity contribution in [1.82, 2.24) is 9.97 Å². The first-order valence-electron chi connectivity index (χ1n) is 11.0. The summed E-state index contributed by atoms with van der Waals surface area (Å²) in [6.45, 7) is 0. The number of benzene rings is 3. The Kier molecular flexibility index (Phi) is 7.99. The van der Waals surface area contributed by atoms with Gasteiger partial charge in [-0.05, 0) is 85.1 Å². The van der Waals surface area contributed by atoms with E-state index in [0.29, 0.717) is 16.9 Å². The molecule has 0 fully saturated rings. The molecule has 4 aromatic rings. The molecule has 0 spiro atoms. The maximum Gasteiger partial charge on any atom is 0.264 e. The minimum atomic E-state index is -3.90. The van der Waals surface area contributed by atoms with E-state index in [1.54, 1.807) is 30.3 Å². The van der Waals surface area contributed by atoms with Crippen molar-refractivity contribution in [2.45, 2.75) is 14.7 Å². The Bertz CT molecular complexity index is 1630. The number of nitrogens with one attached hydrogen (secondary N) is 2. The zero-order valence-corrected chi connectivity index (χ0v) is 22.7. The number of nitrogens with zero attached hydrogens (tertiary/aromatic N) is 3. The number of hydrogen-bond acceptors (Lipinski definition) is 8. The third-order valence-corrected chi connectivity index (χ3v) is 9.31. The molecule has 2 N–H and O–H groups in total. The van der Waals surface area contributed by atoms with Gasteiger partial charge in [0.15, 0.2) is 0 Å². The highest BCUT2D eigenvalue weighted by Gasteiger charge is 2.22. The minimum absolute atomic E-state index is 0.0281. The van der Waals surface area contributed by atoms with Gasteiger partial charge in [0.1, 0.15) is 0 Å². The van der Waals surface area contributed by atoms with Gasteiger partial charge in [-0.15, -0.1) is 11.8 Å². The Hall–Kier alpha value is -3.94. The lowest BCUT2D eigenvalue weighted by Crippen LogP contribution is -2.26. The maximum atomic E-state index is 13.0. The number of carbonyl (C=O) groups is 1. The molecule has 196 valence electrons. The van der Waals surface area contributed by atoms with Crippen molar-refractivity contribution in [3.63, 3.8) is 0 Å². The Morgan fingerprint density at radius 2 is 1.39 bits per heavy atom. The van der Waals surface area contributed by atoms with E-state index in [4.69, 9.17) is 0 Å². The van der Waals surface area contributed by atoms with Gasteiger partial charge >= 0.3 is 0 Å². The molecule has 10 nitrogen and oxygen atoms in total.